The number of hydrogen-bond donors (Lipinski definition) is 3. The first-order valence-corrected chi connectivity index (χ1v) is 9.31. The van der Waals surface area contributed by atoms with Gasteiger partial charge in [-0.25, -0.2) is 0 Å². The van der Waals surface area contributed by atoms with Crippen molar-refractivity contribution in [2.45, 2.75) is 39.8 Å². The van der Waals surface area contributed by atoms with Gasteiger partial charge in [0.25, 0.3) is 0 Å². The molecule has 2 aromatic carbocycles. The van der Waals surface area contributed by atoms with Crippen molar-refractivity contribution < 1.29 is 9.59 Å². The zero-order valence-corrected chi connectivity index (χ0v) is 16.9. The molecular formula is C21H26ClN3O2. The van der Waals surface area contributed by atoms with E-state index in [0.717, 1.165) is 22.4 Å². The monoisotopic (exact) mass is 387 g/mol. The van der Waals surface area contributed by atoms with Crippen LogP contribution in [0.4, 0.5) is 5.69 Å². The Balaban J connectivity index is 1.84. The van der Waals surface area contributed by atoms with Gasteiger partial charge >= 0.3 is 0 Å². The van der Waals surface area contributed by atoms with Crippen molar-refractivity contribution in [3.05, 3.63) is 64.2 Å². The number of benzene rings is 2. The third-order valence-corrected chi connectivity index (χ3v) is 4.65. The summed E-state index contributed by atoms with van der Waals surface area (Å²) in [5.41, 5.74) is 3.76. The van der Waals surface area contributed by atoms with Crippen LogP contribution in [0.5, 0.6) is 0 Å². The Hall–Kier alpha value is -2.37. The molecule has 0 bridgehead atoms. The minimum absolute atomic E-state index is 0.0482. The maximum absolute atomic E-state index is 12.3. The molecule has 2 aromatic rings. The fraction of sp³-hybridized carbons (Fsp3) is 0.333. The molecule has 0 fully saturated rings. The third-order valence-electron chi connectivity index (χ3n) is 4.41. The van der Waals surface area contributed by atoms with Gasteiger partial charge in [-0.3, -0.25) is 14.9 Å². The highest BCUT2D eigenvalue weighted by molar-refractivity contribution is 6.30. The SMILES string of the molecule is Cc1cccc(C)c1NC(=O)CNC(=O)[C@H](C)N[C@H](C)c1cccc(Cl)c1. The minimum Gasteiger partial charge on any atom is -0.346 e. The van der Waals surface area contributed by atoms with Gasteiger partial charge in [0, 0.05) is 16.8 Å². The average molecular weight is 388 g/mol. The van der Waals surface area contributed by atoms with Gasteiger partial charge in [0.1, 0.15) is 0 Å². The zero-order chi connectivity index (χ0) is 20.0. The lowest BCUT2D eigenvalue weighted by Crippen LogP contribution is -2.45. The van der Waals surface area contributed by atoms with E-state index in [1.54, 1.807) is 6.92 Å². The summed E-state index contributed by atoms with van der Waals surface area (Å²) in [4.78, 5) is 24.5. The Morgan fingerprint density at radius 2 is 1.67 bits per heavy atom. The fourth-order valence-electron chi connectivity index (χ4n) is 2.84. The highest BCUT2D eigenvalue weighted by Gasteiger charge is 2.17. The molecule has 0 radical (unpaired) electrons. The number of nitrogens with one attached hydrogen (secondary N) is 3. The lowest BCUT2D eigenvalue weighted by Gasteiger charge is -2.20. The molecular weight excluding hydrogens is 362 g/mol. The van der Waals surface area contributed by atoms with Crippen LogP contribution in [0.1, 0.15) is 36.6 Å². The molecule has 0 aliphatic rings. The van der Waals surface area contributed by atoms with Crippen LogP contribution in [0.25, 0.3) is 0 Å². The largest absolute Gasteiger partial charge is 0.346 e. The van der Waals surface area contributed by atoms with Gasteiger partial charge in [-0.2, -0.15) is 0 Å². The third kappa shape index (κ3) is 6.08. The Morgan fingerprint density at radius 3 is 2.30 bits per heavy atom. The highest BCUT2D eigenvalue weighted by atomic mass is 35.5. The summed E-state index contributed by atoms with van der Waals surface area (Å²) in [5, 5.41) is 9.39. The number of amides is 2. The lowest BCUT2D eigenvalue weighted by atomic mass is 10.1. The predicted molar refractivity (Wildman–Crippen MR) is 110 cm³/mol. The zero-order valence-electron chi connectivity index (χ0n) is 16.1. The molecule has 2 amide bonds. The first-order chi connectivity index (χ1) is 12.8. The van der Waals surface area contributed by atoms with E-state index in [2.05, 4.69) is 16.0 Å². The van der Waals surface area contributed by atoms with Gasteiger partial charge in [0.2, 0.25) is 11.8 Å². The van der Waals surface area contributed by atoms with Crippen molar-refractivity contribution >= 4 is 29.1 Å². The molecule has 3 N–H and O–H groups in total. The summed E-state index contributed by atoms with van der Waals surface area (Å²) in [6, 6.07) is 12.8. The molecule has 0 aromatic heterocycles. The molecule has 6 heteroatoms. The van der Waals surface area contributed by atoms with Crippen molar-refractivity contribution in [3.8, 4) is 0 Å². The highest BCUT2D eigenvalue weighted by Crippen LogP contribution is 2.19. The summed E-state index contributed by atoms with van der Waals surface area (Å²) in [7, 11) is 0. The van der Waals surface area contributed by atoms with Gasteiger partial charge < -0.3 is 10.6 Å². The van der Waals surface area contributed by atoms with E-state index in [0.29, 0.717) is 5.02 Å². The molecule has 2 atom stereocenters. The Bertz CT molecular complexity index is 803. The Morgan fingerprint density at radius 1 is 1.04 bits per heavy atom. The van der Waals surface area contributed by atoms with Crippen LogP contribution in [-0.4, -0.2) is 24.4 Å². The standard InChI is InChI=1S/C21H26ClN3O2/c1-13-7-5-8-14(2)20(13)25-19(26)12-23-21(27)16(4)24-15(3)17-9-6-10-18(22)11-17/h5-11,15-16,24H,12H2,1-4H3,(H,23,27)(H,25,26)/t15-,16+/m1/s1. The van der Waals surface area contributed by atoms with Crippen molar-refractivity contribution in [1.29, 1.82) is 0 Å². The summed E-state index contributed by atoms with van der Waals surface area (Å²) < 4.78 is 0. The van der Waals surface area contributed by atoms with Crippen LogP contribution in [0.3, 0.4) is 0 Å². The fourth-order valence-corrected chi connectivity index (χ4v) is 3.04. The number of anilines is 1. The molecule has 0 heterocycles. The molecule has 27 heavy (non-hydrogen) atoms. The average Bonchev–Trinajstić information content (AvgIpc) is 2.62. The van der Waals surface area contributed by atoms with E-state index in [1.165, 1.54) is 0 Å². The van der Waals surface area contributed by atoms with E-state index >= 15 is 0 Å². The number of para-hydroxylation sites is 1. The maximum atomic E-state index is 12.3. The van der Waals surface area contributed by atoms with E-state index in [9.17, 15) is 9.59 Å². The maximum Gasteiger partial charge on any atom is 0.243 e. The number of carbonyl (C=O) groups excluding carboxylic acids is 2. The van der Waals surface area contributed by atoms with Gasteiger partial charge in [-0.1, -0.05) is 41.9 Å². The molecule has 0 aliphatic heterocycles. The number of hydrogen-bond acceptors (Lipinski definition) is 3. The second kappa shape index (κ2) is 9.53. The van der Waals surface area contributed by atoms with Crippen LogP contribution in [0.2, 0.25) is 5.02 Å². The van der Waals surface area contributed by atoms with Crippen LogP contribution in [0.15, 0.2) is 42.5 Å². The molecule has 0 aliphatic carbocycles. The number of rotatable bonds is 7. The lowest BCUT2D eigenvalue weighted by molar-refractivity contribution is -0.125. The van der Waals surface area contributed by atoms with Gasteiger partial charge in [0.05, 0.1) is 12.6 Å². The van der Waals surface area contributed by atoms with E-state index < -0.39 is 6.04 Å². The first kappa shape index (κ1) is 20.9. The molecule has 144 valence electrons. The Labute approximate surface area is 165 Å². The number of halogens is 1. The molecule has 2 rings (SSSR count). The molecule has 0 unspecified atom stereocenters. The Kier molecular flexibility index (Phi) is 7.39. The van der Waals surface area contributed by atoms with Crippen molar-refractivity contribution in [2.75, 3.05) is 11.9 Å². The predicted octanol–water partition coefficient (Wildman–Crippen LogP) is 3.75. The first-order valence-electron chi connectivity index (χ1n) is 8.93. The minimum atomic E-state index is -0.452. The summed E-state index contributed by atoms with van der Waals surface area (Å²) in [6.07, 6.45) is 0. The van der Waals surface area contributed by atoms with Crippen molar-refractivity contribution in [3.63, 3.8) is 0 Å². The number of aryl methyl sites for hydroxylation is 2. The second-order valence-electron chi connectivity index (χ2n) is 6.70. The van der Waals surface area contributed by atoms with Crippen LogP contribution >= 0.6 is 11.6 Å². The van der Waals surface area contributed by atoms with Gasteiger partial charge in [-0.05, 0) is 56.5 Å². The molecule has 0 saturated carbocycles. The topological polar surface area (TPSA) is 70.2 Å². The number of carbonyl (C=O) groups is 2. The van der Waals surface area contributed by atoms with Crippen molar-refractivity contribution in [1.82, 2.24) is 10.6 Å². The van der Waals surface area contributed by atoms with Crippen LogP contribution in [-0.2, 0) is 9.59 Å². The normalized spacial score (nSPS) is 12.9. The quantitative estimate of drug-likeness (QED) is 0.677. The van der Waals surface area contributed by atoms with E-state index in [-0.39, 0.29) is 24.4 Å². The second-order valence-corrected chi connectivity index (χ2v) is 7.13. The molecule has 5 nitrogen and oxygen atoms in total. The molecule has 0 saturated heterocycles. The van der Waals surface area contributed by atoms with E-state index in [1.807, 2.05) is 63.2 Å². The summed E-state index contributed by atoms with van der Waals surface area (Å²) >= 11 is 6.01. The summed E-state index contributed by atoms with van der Waals surface area (Å²) in [5.74, 6) is -0.489. The van der Waals surface area contributed by atoms with Crippen molar-refractivity contribution in [2.24, 2.45) is 0 Å². The van der Waals surface area contributed by atoms with Crippen LogP contribution in [0, 0.1) is 13.8 Å². The van der Waals surface area contributed by atoms with Crippen LogP contribution < -0.4 is 16.0 Å². The van der Waals surface area contributed by atoms with E-state index in [4.69, 9.17) is 11.6 Å². The molecule has 0 spiro atoms. The van der Waals surface area contributed by atoms with Gasteiger partial charge in [-0.15, -0.1) is 0 Å². The van der Waals surface area contributed by atoms with Gasteiger partial charge in [0.15, 0.2) is 0 Å². The smallest absolute Gasteiger partial charge is 0.243 e. The summed E-state index contributed by atoms with van der Waals surface area (Å²) in [6.45, 7) is 7.52.